The number of hydrogen-bond donors (Lipinski definition) is 0. The van der Waals surface area contributed by atoms with E-state index in [2.05, 4.69) is 64.9 Å². The fourth-order valence-electron chi connectivity index (χ4n) is 4.99. The van der Waals surface area contributed by atoms with E-state index in [1.165, 1.54) is 22.4 Å². The fourth-order valence-corrected chi connectivity index (χ4v) is 6.35. The van der Waals surface area contributed by atoms with Crippen LogP contribution in [0.5, 0.6) is 0 Å². The Kier molecular flexibility index (Phi) is 5.86. The summed E-state index contributed by atoms with van der Waals surface area (Å²) in [5, 5.41) is 4.76. The van der Waals surface area contributed by atoms with Gasteiger partial charge in [0, 0.05) is 15.5 Å². The second kappa shape index (κ2) is 9.14. The number of allylic oxidation sites excluding steroid dienone is 1. The van der Waals surface area contributed by atoms with Crippen LogP contribution in [0.2, 0.25) is 10.0 Å². The zero-order valence-electron chi connectivity index (χ0n) is 18.4. The Morgan fingerprint density at radius 2 is 1.59 bits per heavy atom. The maximum absolute atomic E-state index is 6.81. The molecule has 34 heavy (non-hydrogen) atoms. The van der Waals surface area contributed by atoms with Crippen molar-refractivity contribution in [2.45, 2.75) is 25.3 Å². The van der Waals surface area contributed by atoms with Crippen molar-refractivity contribution < 1.29 is 0 Å². The van der Waals surface area contributed by atoms with Crippen LogP contribution in [0.15, 0.2) is 106 Å². The van der Waals surface area contributed by atoms with Crippen molar-refractivity contribution in [2.75, 3.05) is 0 Å². The summed E-state index contributed by atoms with van der Waals surface area (Å²) < 4.78 is 0. The minimum absolute atomic E-state index is 0.00704. The molecule has 0 amide bonds. The Bertz CT molecular complexity index is 1390. The van der Waals surface area contributed by atoms with Gasteiger partial charge in [-0.1, -0.05) is 102 Å². The van der Waals surface area contributed by atoms with Gasteiger partial charge in [-0.15, -0.1) is 0 Å². The van der Waals surface area contributed by atoms with Crippen molar-refractivity contribution in [3.8, 4) is 0 Å². The summed E-state index contributed by atoms with van der Waals surface area (Å²) >= 11 is 15.0. The van der Waals surface area contributed by atoms with Crippen LogP contribution in [0.3, 0.4) is 0 Å². The highest BCUT2D eigenvalue weighted by Gasteiger charge is 2.40. The quantitative estimate of drug-likeness (QED) is 0.356. The van der Waals surface area contributed by atoms with E-state index in [1.807, 2.05) is 30.3 Å². The normalized spacial score (nSPS) is 20.7. The fraction of sp³-hybridized carbons (Fsp3) is 0.138. The summed E-state index contributed by atoms with van der Waals surface area (Å²) in [5.41, 5.74) is 8.17. The summed E-state index contributed by atoms with van der Waals surface area (Å²) in [7, 11) is 0. The summed E-state index contributed by atoms with van der Waals surface area (Å²) in [5.74, 6) is 0. The van der Waals surface area contributed by atoms with Gasteiger partial charge in [-0.25, -0.2) is 4.99 Å². The number of nitrogens with zero attached hydrogens (tertiary/aromatic N) is 2. The lowest BCUT2D eigenvalue weighted by molar-refractivity contribution is 0.458. The molecule has 168 valence electrons. The first-order chi connectivity index (χ1) is 16.7. The molecule has 0 radical (unpaired) electrons. The van der Waals surface area contributed by atoms with E-state index in [1.54, 1.807) is 11.8 Å². The van der Waals surface area contributed by atoms with Crippen molar-refractivity contribution >= 4 is 51.9 Å². The molecule has 1 aliphatic carbocycles. The number of fused-ring (bicyclic) bond motifs is 1. The second-order valence-electron chi connectivity index (χ2n) is 8.59. The van der Waals surface area contributed by atoms with Crippen LogP contribution in [-0.2, 0) is 0 Å². The number of aliphatic imine (C=N–C) groups is 1. The van der Waals surface area contributed by atoms with E-state index < -0.39 is 0 Å². The van der Waals surface area contributed by atoms with Crippen LogP contribution in [0.4, 0.5) is 0 Å². The third-order valence-electron chi connectivity index (χ3n) is 6.54. The average Bonchev–Trinajstić information content (AvgIpc) is 3.29. The average molecular weight is 501 g/mol. The van der Waals surface area contributed by atoms with Gasteiger partial charge in [0.15, 0.2) is 5.17 Å². The largest absolute Gasteiger partial charge is 0.308 e. The minimum atomic E-state index is 0.00704. The predicted octanol–water partition coefficient (Wildman–Crippen LogP) is 8.97. The highest BCUT2D eigenvalue weighted by Crippen LogP contribution is 2.52. The van der Waals surface area contributed by atoms with Crippen molar-refractivity contribution in [3.05, 3.63) is 128 Å². The molecular formula is C29H22Cl2N2S. The topological polar surface area (TPSA) is 15.6 Å². The molecule has 0 spiro atoms. The van der Waals surface area contributed by atoms with Gasteiger partial charge in [0.25, 0.3) is 0 Å². The van der Waals surface area contributed by atoms with Crippen molar-refractivity contribution in [3.63, 3.8) is 0 Å². The van der Waals surface area contributed by atoms with Gasteiger partial charge in [0.1, 0.15) is 0 Å². The molecule has 2 nitrogen and oxygen atoms in total. The van der Waals surface area contributed by atoms with E-state index in [0.717, 1.165) is 51.3 Å². The molecule has 6 rings (SSSR count). The zero-order valence-corrected chi connectivity index (χ0v) is 20.7. The van der Waals surface area contributed by atoms with Gasteiger partial charge in [-0.05, 0) is 65.3 Å². The molecule has 0 saturated heterocycles. The third-order valence-corrected chi connectivity index (χ3v) is 8.07. The number of hydrogen-bond acceptors (Lipinski definition) is 3. The second-order valence-corrected chi connectivity index (χ2v) is 10.2. The summed E-state index contributed by atoms with van der Waals surface area (Å²) in [6, 6.07) is 26.8. The van der Waals surface area contributed by atoms with E-state index in [4.69, 9.17) is 28.2 Å². The van der Waals surface area contributed by atoms with Crippen molar-refractivity contribution in [1.82, 2.24) is 4.90 Å². The maximum atomic E-state index is 6.81. The third kappa shape index (κ3) is 3.82. The van der Waals surface area contributed by atoms with Crippen LogP contribution in [0, 0.1) is 0 Å². The number of amidine groups is 1. The van der Waals surface area contributed by atoms with Crippen LogP contribution in [0.1, 0.15) is 42.0 Å². The molecule has 2 aliphatic heterocycles. The van der Waals surface area contributed by atoms with E-state index in [9.17, 15) is 0 Å². The van der Waals surface area contributed by atoms with Crippen LogP contribution >= 0.6 is 35.0 Å². The summed E-state index contributed by atoms with van der Waals surface area (Å²) in [4.78, 5) is 7.61. The number of thioether (sulfide) groups is 1. The van der Waals surface area contributed by atoms with Gasteiger partial charge in [0.2, 0.25) is 0 Å². The summed E-state index contributed by atoms with van der Waals surface area (Å²) in [6.07, 6.45) is 5.27. The number of benzene rings is 3. The first-order valence-electron chi connectivity index (χ1n) is 11.4. The lowest BCUT2D eigenvalue weighted by Gasteiger charge is -2.40. The molecule has 3 aromatic carbocycles. The van der Waals surface area contributed by atoms with Crippen LogP contribution in [-0.4, -0.2) is 10.1 Å². The van der Waals surface area contributed by atoms with Gasteiger partial charge < -0.3 is 4.90 Å². The smallest absolute Gasteiger partial charge is 0.174 e. The Balaban J connectivity index is 1.53. The SMILES string of the molecule is Clc1ccccc1/C=C1\CCCC2=C1N=C1SC=C(c3ccccc3)N1[C@H]2c1ccccc1Cl. The first-order valence-corrected chi connectivity index (χ1v) is 13.1. The minimum Gasteiger partial charge on any atom is -0.308 e. The molecule has 5 heteroatoms. The highest BCUT2D eigenvalue weighted by molar-refractivity contribution is 8.16. The molecule has 1 atom stereocenters. The van der Waals surface area contributed by atoms with E-state index in [0.29, 0.717) is 0 Å². The Morgan fingerprint density at radius 3 is 2.38 bits per heavy atom. The molecular weight excluding hydrogens is 479 g/mol. The molecule has 2 heterocycles. The van der Waals surface area contributed by atoms with Crippen molar-refractivity contribution in [1.29, 1.82) is 0 Å². The Labute approximate surface area is 214 Å². The molecule has 0 saturated carbocycles. The lowest BCUT2D eigenvalue weighted by Crippen LogP contribution is -2.35. The monoisotopic (exact) mass is 500 g/mol. The molecule has 0 aromatic heterocycles. The predicted molar refractivity (Wildman–Crippen MR) is 146 cm³/mol. The van der Waals surface area contributed by atoms with Gasteiger partial charge in [-0.2, -0.15) is 0 Å². The number of halogens is 2. The standard InChI is InChI=1S/C29H22Cl2N2S/c30-24-15-6-4-11-20(24)17-21-12-8-14-23-27(21)32-29-33(28(23)22-13-5-7-16-25(22)31)26(18-34-29)19-9-2-1-3-10-19/h1-7,9-11,13,15-18,28H,8,12,14H2/b21-17+/t28-/m0/s1. The van der Waals surface area contributed by atoms with Crippen LogP contribution < -0.4 is 0 Å². The molecule has 3 aliphatic rings. The van der Waals surface area contributed by atoms with Gasteiger partial charge in [0.05, 0.1) is 17.4 Å². The van der Waals surface area contributed by atoms with E-state index >= 15 is 0 Å². The highest BCUT2D eigenvalue weighted by atomic mass is 35.5. The number of rotatable bonds is 3. The summed E-state index contributed by atoms with van der Waals surface area (Å²) in [6.45, 7) is 0. The molecule has 3 aromatic rings. The van der Waals surface area contributed by atoms with E-state index in [-0.39, 0.29) is 6.04 Å². The molecule has 0 N–H and O–H groups in total. The molecule has 0 bridgehead atoms. The lowest BCUT2D eigenvalue weighted by atomic mass is 9.82. The van der Waals surface area contributed by atoms with Gasteiger partial charge >= 0.3 is 0 Å². The van der Waals surface area contributed by atoms with Gasteiger partial charge in [-0.3, -0.25) is 0 Å². The Morgan fingerprint density at radius 1 is 0.853 bits per heavy atom. The zero-order chi connectivity index (χ0) is 23.1. The molecule has 0 unspecified atom stereocenters. The molecule has 0 fully saturated rings. The van der Waals surface area contributed by atoms with Crippen LogP contribution in [0.25, 0.3) is 11.8 Å². The Hall–Kier alpha value is -2.72. The maximum Gasteiger partial charge on any atom is 0.174 e. The first kappa shape index (κ1) is 21.8. The van der Waals surface area contributed by atoms with Crippen molar-refractivity contribution in [2.24, 2.45) is 4.99 Å².